The summed E-state index contributed by atoms with van der Waals surface area (Å²) in [5, 5.41) is 8.86. The molecule has 1 aliphatic heterocycles. The van der Waals surface area contributed by atoms with Crippen molar-refractivity contribution in [1.82, 2.24) is 9.21 Å². The van der Waals surface area contributed by atoms with Gasteiger partial charge < -0.3 is 14.7 Å². The van der Waals surface area contributed by atoms with E-state index < -0.39 is 22.1 Å². The molecule has 1 aromatic rings. The Labute approximate surface area is 127 Å². The lowest BCUT2D eigenvalue weighted by Crippen LogP contribution is -2.50. The summed E-state index contributed by atoms with van der Waals surface area (Å²) in [6.45, 7) is 0.477. The molecule has 0 saturated carbocycles. The Hall–Kier alpha value is -2.13. The van der Waals surface area contributed by atoms with Gasteiger partial charge in [-0.3, -0.25) is 0 Å². The van der Waals surface area contributed by atoms with Gasteiger partial charge in [0.15, 0.2) is 0 Å². The minimum absolute atomic E-state index is 0.0592. The van der Waals surface area contributed by atoms with Gasteiger partial charge in [-0.05, 0) is 24.3 Å². The van der Waals surface area contributed by atoms with Crippen molar-refractivity contribution in [3.05, 3.63) is 29.8 Å². The lowest BCUT2D eigenvalue weighted by atomic mass is 10.2. The fraction of sp³-hybridized carbons (Fsp3) is 0.385. The van der Waals surface area contributed by atoms with Gasteiger partial charge in [0, 0.05) is 26.2 Å². The van der Waals surface area contributed by atoms with Crippen LogP contribution in [0.4, 0.5) is 4.79 Å². The molecule has 0 unspecified atom stereocenters. The number of carbonyl (C=O) groups excluding carboxylic acids is 1. The van der Waals surface area contributed by atoms with Crippen LogP contribution in [0.1, 0.15) is 10.4 Å². The Bertz CT molecular complexity index is 662. The van der Waals surface area contributed by atoms with E-state index >= 15 is 0 Å². The van der Waals surface area contributed by atoms with E-state index in [1.54, 1.807) is 0 Å². The average molecular weight is 328 g/mol. The third-order valence-corrected chi connectivity index (χ3v) is 5.34. The summed E-state index contributed by atoms with van der Waals surface area (Å²) in [6, 6.07) is 5.44. The zero-order valence-electron chi connectivity index (χ0n) is 11.9. The number of hydrogen-bond donors (Lipinski definition) is 1. The molecule has 1 amide bonds. The van der Waals surface area contributed by atoms with Crippen molar-refractivity contribution in [3.63, 3.8) is 0 Å². The number of esters is 1. The van der Waals surface area contributed by atoms with Crippen LogP contribution in [0.2, 0.25) is 0 Å². The van der Waals surface area contributed by atoms with Crippen LogP contribution in [0.3, 0.4) is 0 Å². The van der Waals surface area contributed by atoms with E-state index in [0.717, 1.165) is 0 Å². The van der Waals surface area contributed by atoms with Crippen molar-refractivity contribution in [3.8, 4) is 0 Å². The Morgan fingerprint density at radius 3 is 2.09 bits per heavy atom. The first-order chi connectivity index (χ1) is 10.4. The normalized spacial score (nSPS) is 16.3. The highest BCUT2D eigenvalue weighted by molar-refractivity contribution is 7.89. The van der Waals surface area contributed by atoms with Crippen LogP contribution in [0.5, 0.6) is 0 Å². The van der Waals surface area contributed by atoms with Crippen LogP contribution in [-0.4, -0.2) is 68.1 Å². The predicted octanol–water partition coefficient (Wildman–Crippen LogP) is 0.457. The van der Waals surface area contributed by atoms with Crippen LogP contribution in [-0.2, 0) is 14.8 Å². The maximum atomic E-state index is 12.5. The largest absolute Gasteiger partial charge is 0.465 e. The minimum atomic E-state index is -3.70. The number of rotatable bonds is 3. The summed E-state index contributed by atoms with van der Waals surface area (Å²) in [7, 11) is -2.45. The number of benzene rings is 1. The van der Waals surface area contributed by atoms with Gasteiger partial charge in [0.2, 0.25) is 10.0 Å². The van der Waals surface area contributed by atoms with E-state index in [0.29, 0.717) is 0 Å². The van der Waals surface area contributed by atoms with Crippen molar-refractivity contribution in [2.45, 2.75) is 4.90 Å². The molecule has 0 radical (unpaired) electrons. The third-order valence-electron chi connectivity index (χ3n) is 3.42. The Kier molecular flexibility index (Phi) is 4.67. The number of methoxy groups -OCH3 is 1. The molecule has 9 heteroatoms. The summed E-state index contributed by atoms with van der Waals surface area (Å²) in [6.07, 6.45) is -1.06. The summed E-state index contributed by atoms with van der Waals surface area (Å²) in [4.78, 5) is 23.4. The van der Waals surface area contributed by atoms with E-state index in [1.807, 2.05) is 0 Å². The van der Waals surface area contributed by atoms with Crippen LogP contribution in [0.25, 0.3) is 0 Å². The molecule has 0 spiro atoms. The van der Waals surface area contributed by atoms with Gasteiger partial charge in [-0.1, -0.05) is 0 Å². The Balaban J connectivity index is 2.14. The molecule has 120 valence electrons. The van der Waals surface area contributed by atoms with E-state index in [4.69, 9.17) is 5.11 Å². The van der Waals surface area contributed by atoms with E-state index in [1.165, 1.54) is 40.6 Å². The molecule has 1 aromatic carbocycles. The molecular weight excluding hydrogens is 312 g/mol. The number of carboxylic acid groups (broad SMARTS) is 1. The van der Waals surface area contributed by atoms with Crippen LogP contribution >= 0.6 is 0 Å². The molecule has 0 aliphatic carbocycles. The summed E-state index contributed by atoms with van der Waals surface area (Å²) < 4.78 is 30.7. The number of hydrogen-bond acceptors (Lipinski definition) is 5. The first-order valence-corrected chi connectivity index (χ1v) is 7.96. The maximum absolute atomic E-state index is 12.5. The zero-order valence-corrected chi connectivity index (χ0v) is 12.7. The number of amides is 1. The minimum Gasteiger partial charge on any atom is -0.465 e. The SMILES string of the molecule is COC(=O)c1ccc(S(=O)(=O)N2CCN(C(=O)O)CC2)cc1. The molecule has 0 aromatic heterocycles. The highest BCUT2D eigenvalue weighted by Crippen LogP contribution is 2.18. The molecule has 1 saturated heterocycles. The van der Waals surface area contributed by atoms with E-state index in [-0.39, 0.29) is 36.6 Å². The molecule has 1 heterocycles. The number of carbonyl (C=O) groups is 2. The number of sulfonamides is 1. The fourth-order valence-corrected chi connectivity index (χ4v) is 3.57. The standard InChI is InChI=1S/C13H16N2O6S/c1-21-12(16)10-2-4-11(5-3-10)22(19,20)15-8-6-14(7-9-15)13(17)18/h2-5H,6-9H2,1H3,(H,17,18). The van der Waals surface area contributed by atoms with Crippen molar-refractivity contribution < 1.29 is 27.9 Å². The highest BCUT2D eigenvalue weighted by atomic mass is 32.2. The van der Waals surface area contributed by atoms with Gasteiger partial charge in [-0.15, -0.1) is 0 Å². The second kappa shape index (κ2) is 6.32. The van der Waals surface area contributed by atoms with Crippen molar-refractivity contribution in [2.24, 2.45) is 0 Å². The number of nitrogens with zero attached hydrogens (tertiary/aromatic N) is 2. The van der Waals surface area contributed by atoms with E-state index in [2.05, 4.69) is 4.74 Å². The first-order valence-electron chi connectivity index (χ1n) is 6.52. The smallest absolute Gasteiger partial charge is 0.407 e. The summed E-state index contributed by atoms with van der Waals surface area (Å²) >= 11 is 0. The van der Waals surface area contributed by atoms with Gasteiger partial charge in [-0.2, -0.15) is 4.31 Å². The van der Waals surface area contributed by atoms with Crippen LogP contribution in [0.15, 0.2) is 29.2 Å². The second-order valence-corrected chi connectivity index (χ2v) is 6.63. The van der Waals surface area contributed by atoms with Gasteiger partial charge in [-0.25, -0.2) is 18.0 Å². The van der Waals surface area contributed by atoms with Crippen molar-refractivity contribution in [1.29, 1.82) is 0 Å². The topological polar surface area (TPSA) is 104 Å². The average Bonchev–Trinajstić information content (AvgIpc) is 2.54. The summed E-state index contributed by atoms with van der Waals surface area (Å²) in [5.41, 5.74) is 0.261. The lowest BCUT2D eigenvalue weighted by Gasteiger charge is -2.32. The molecule has 1 N–H and O–H groups in total. The molecule has 2 rings (SSSR count). The van der Waals surface area contributed by atoms with Gasteiger partial charge >= 0.3 is 12.1 Å². The number of piperazine rings is 1. The maximum Gasteiger partial charge on any atom is 0.407 e. The summed E-state index contributed by atoms with van der Waals surface area (Å²) in [5.74, 6) is -0.543. The fourth-order valence-electron chi connectivity index (χ4n) is 2.15. The number of ether oxygens (including phenoxy) is 1. The predicted molar refractivity (Wildman–Crippen MR) is 76.1 cm³/mol. The molecule has 22 heavy (non-hydrogen) atoms. The van der Waals surface area contributed by atoms with Crippen molar-refractivity contribution in [2.75, 3.05) is 33.3 Å². The van der Waals surface area contributed by atoms with Crippen LogP contribution < -0.4 is 0 Å². The quantitative estimate of drug-likeness (QED) is 0.808. The Morgan fingerprint density at radius 1 is 1.09 bits per heavy atom. The first kappa shape index (κ1) is 16.2. The molecule has 0 bridgehead atoms. The third kappa shape index (κ3) is 3.20. The highest BCUT2D eigenvalue weighted by Gasteiger charge is 2.30. The van der Waals surface area contributed by atoms with E-state index in [9.17, 15) is 18.0 Å². The van der Waals surface area contributed by atoms with Gasteiger partial charge in [0.05, 0.1) is 17.6 Å². The molecule has 0 atom stereocenters. The molecule has 8 nitrogen and oxygen atoms in total. The second-order valence-electron chi connectivity index (χ2n) is 4.69. The lowest BCUT2D eigenvalue weighted by molar-refractivity contribution is 0.0600. The van der Waals surface area contributed by atoms with Gasteiger partial charge in [0.1, 0.15) is 0 Å². The molecule has 1 fully saturated rings. The monoisotopic (exact) mass is 328 g/mol. The molecule has 1 aliphatic rings. The Morgan fingerprint density at radius 2 is 1.64 bits per heavy atom. The van der Waals surface area contributed by atoms with Gasteiger partial charge in [0.25, 0.3) is 0 Å². The van der Waals surface area contributed by atoms with Crippen LogP contribution in [0, 0.1) is 0 Å². The zero-order chi connectivity index (χ0) is 16.3. The molecular formula is C13H16N2O6S. The van der Waals surface area contributed by atoms with Crippen molar-refractivity contribution >= 4 is 22.1 Å².